The van der Waals surface area contributed by atoms with E-state index in [2.05, 4.69) is 15.1 Å². The van der Waals surface area contributed by atoms with Crippen LogP contribution < -0.4 is 4.74 Å². The van der Waals surface area contributed by atoms with Gasteiger partial charge in [-0.15, -0.1) is 11.8 Å². The van der Waals surface area contributed by atoms with Crippen LogP contribution in [0.4, 0.5) is 0 Å². The van der Waals surface area contributed by atoms with Gasteiger partial charge in [0.1, 0.15) is 0 Å². The predicted molar refractivity (Wildman–Crippen MR) is 98.9 cm³/mol. The SMILES string of the molecule is CCOC(=O)c1cc(-c2cc(SC)ccn2)n(-c2ccc(OC)nc2)n1. The number of aromatic nitrogens is 4. The molecule has 26 heavy (non-hydrogen) atoms. The van der Waals surface area contributed by atoms with Crippen molar-refractivity contribution in [2.24, 2.45) is 0 Å². The fraction of sp³-hybridized carbons (Fsp3) is 0.222. The molecular formula is C18H18N4O3S. The first-order chi connectivity index (χ1) is 12.7. The van der Waals surface area contributed by atoms with Gasteiger partial charge in [0, 0.05) is 23.2 Å². The zero-order chi connectivity index (χ0) is 18.5. The molecule has 0 saturated carbocycles. The lowest BCUT2D eigenvalue weighted by Gasteiger charge is -2.08. The molecule has 0 amide bonds. The van der Waals surface area contributed by atoms with Gasteiger partial charge in [-0.2, -0.15) is 5.10 Å². The second-order valence-electron chi connectivity index (χ2n) is 5.19. The van der Waals surface area contributed by atoms with E-state index in [0.29, 0.717) is 23.0 Å². The van der Waals surface area contributed by atoms with E-state index in [-0.39, 0.29) is 12.3 Å². The van der Waals surface area contributed by atoms with Crippen LogP contribution >= 0.6 is 11.8 Å². The number of esters is 1. The normalized spacial score (nSPS) is 10.6. The number of nitrogens with zero attached hydrogens (tertiary/aromatic N) is 4. The molecule has 0 atom stereocenters. The largest absolute Gasteiger partial charge is 0.481 e. The Morgan fingerprint density at radius 2 is 2.08 bits per heavy atom. The lowest BCUT2D eigenvalue weighted by molar-refractivity contribution is 0.0519. The summed E-state index contributed by atoms with van der Waals surface area (Å²) in [4.78, 5) is 21.8. The monoisotopic (exact) mass is 370 g/mol. The topological polar surface area (TPSA) is 79.1 Å². The van der Waals surface area contributed by atoms with Crippen molar-refractivity contribution in [1.82, 2.24) is 19.7 Å². The molecule has 0 fully saturated rings. The summed E-state index contributed by atoms with van der Waals surface area (Å²) in [6, 6.07) is 9.10. The Morgan fingerprint density at radius 1 is 1.23 bits per heavy atom. The van der Waals surface area contributed by atoms with Gasteiger partial charge in [0.05, 0.1) is 37.0 Å². The van der Waals surface area contributed by atoms with Gasteiger partial charge in [-0.25, -0.2) is 14.5 Å². The standard InChI is InChI=1S/C18H18N4O3S/c1-4-25-18(23)15-10-16(14-9-13(26-3)7-8-19-14)22(21-15)12-5-6-17(24-2)20-11-12/h5-11H,4H2,1-3H3. The fourth-order valence-corrected chi connectivity index (χ4v) is 2.79. The van der Waals surface area contributed by atoms with E-state index in [1.54, 1.807) is 55.0 Å². The van der Waals surface area contributed by atoms with E-state index >= 15 is 0 Å². The number of ether oxygens (including phenoxy) is 2. The van der Waals surface area contributed by atoms with Crippen molar-refractivity contribution in [2.45, 2.75) is 11.8 Å². The molecule has 3 aromatic heterocycles. The van der Waals surface area contributed by atoms with Crippen molar-refractivity contribution >= 4 is 17.7 Å². The molecule has 0 unspecified atom stereocenters. The smallest absolute Gasteiger partial charge is 0.358 e. The maximum absolute atomic E-state index is 12.1. The molecule has 0 aliphatic carbocycles. The van der Waals surface area contributed by atoms with E-state index in [9.17, 15) is 4.79 Å². The van der Waals surface area contributed by atoms with Gasteiger partial charge in [0.2, 0.25) is 5.88 Å². The summed E-state index contributed by atoms with van der Waals surface area (Å²) in [6.45, 7) is 2.04. The molecule has 7 nitrogen and oxygen atoms in total. The Morgan fingerprint density at radius 3 is 2.73 bits per heavy atom. The minimum absolute atomic E-state index is 0.217. The highest BCUT2D eigenvalue weighted by molar-refractivity contribution is 7.98. The quantitative estimate of drug-likeness (QED) is 0.487. The highest BCUT2D eigenvalue weighted by atomic mass is 32.2. The number of carbonyl (C=O) groups excluding carboxylic acids is 1. The lowest BCUT2D eigenvalue weighted by atomic mass is 10.2. The third-order valence-corrected chi connectivity index (χ3v) is 4.32. The number of thioether (sulfide) groups is 1. The molecule has 0 aliphatic heterocycles. The van der Waals surface area contributed by atoms with E-state index in [0.717, 1.165) is 4.90 Å². The van der Waals surface area contributed by atoms with E-state index in [1.165, 1.54) is 0 Å². The minimum atomic E-state index is -0.477. The van der Waals surface area contributed by atoms with Gasteiger partial charge in [-0.05, 0) is 31.4 Å². The lowest BCUT2D eigenvalue weighted by Crippen LogP contribution is -2.07. The van der Waals surface area contributed by atoms with Crippen LogP contribution in [0.25, 0.3) is 17.1 Å². The van der Waals surface area contributed by atoms with Crippen molar-refractivity contribution < 1.29 is 14.3 Å². The van der Waals surface area contributed by atoms with Crippen LogP contribution in [-0.2, 0) is 4.74 Å². The van der Waals surface area contributed by atoms with Crippen LogP contribution in [0.15, 0.2) is 47.6 Å². The van der Waals surface area contributed by atoms with Crippen molar-refractivity contribution in [2.75, 3.05) is 20.0 Å². The third kappa shape index (κ3) is 3.70. The van der Waals surface area contributed by atoms with E-state index in [4.69, 9.17) is 9.47 Å². The van der Waals surface area contributed by atoms with Crippen LogP contribution in [0.3, 0.4) is 0 Å². The number of rotatable bonds is 6. The molecule has 3 heterocycles. The average Bonchev–Trinajstić information content (AvgIpc) is 3.14. The van der Waals surface area contributed by atoms with Crippen LogP contribution in [-0.4, -0.2) is 45.7 Å². The molecule has 0 radical (unpaired) electrons. The molecule has 3 aromatic rings. The van der Waals surface area contributed by atoms with Crippen molar-refractivity contribution in [3.63, 3.8) is 0 Å². The van der Waals surface area contributed by atoms with E-state index < -0.39 is 5.97 Å². The van der Waals surface area contributed by atoms with Crippen LogP contribution in [0.2, 0.25) is 0 Å². The Labute approximate surface area is 155 Å². The summed E-state index contributed by atoms with van der Waals surface area (Å²) in [6.07, 6.45) is 5.35. The summed E-state index contributed by atoms with van der Waals surface area (Å²) >= 11 is 1.62. The number of methoxy groups -OCH3 is 1. The number of hydrogen-bond acceptors (Lipinski definition) is 7. The molecule has 0 bridgehead atoms. The van der Waals surface area contributed by atoms with Crippen LogP contribution in [0.5, 0.6) is 5.88 Å². The minimum Gasteiger partial charge on any atom is -0.481 e. The maximum Gasteiger partial charge on any atom is 0.358 e. The summed E-state index contributed by atoms with van der Waals surface area (Å²) < 4.78 is 11.8. The summed E-state index contributed by atoms with van der Waals surface area (Å²) in [5.74, 6) is 0.0190. The van der Waals surface area contributed by atoms with Crippen LogP contribution in [0, 0.1) is 0 Å². The molecule has 8 heteroatoms. The first kappa shape index (κ1) is 17.9. The van der Waals surface area contributed by atoms with E-state index in [1.807, 2.05) is 24.5 Å². The summed E-state index contributed by atoms with van der Waals surface area (Å²) in [5.41, 5.74) is 2.29. The summed E-state index contributed by atoms with van der Waals surface area (Å²) in [5, 5.41) is 4.40. The number of hydrogen-bond donors (Lipinski definition) is 0. The molecule has 134 valence electrons. The highest BCUT2D eigenvalue weighted by Gasteiger charge is 2.19. The molecule has 0 saturated heterocycles. The Balaban J connectivity index is 2.12. The zero-order valence-electron chi connectivity index (χ0n) is 14.7. The zero-order valence-corrected chi connectivity index (χ0v) is 15.5. The van der Waals surface area contributed by atoms with Gasteiger partial charge in [-0.1, -0.05) is 0 Å². The first-order valence-electron chi connectivity index (χ1n) is 7.94. The highest BCUT2D eigenvalue weighted by Crippen LogP contribution is 2.26. The van der Waals surface area contributed by atoms with Crippen LogP contribution in [0.1, 0.15) is 17.4 Å². The Hall–Kier alpha value is -2.87. The third-order valence-electron chi connectivity index (χ3n) is 3.60. The molecule has 0 aromatic carbocycles. The molecule has 0 N–H and O–H groups in total. The van der Waals surface area contributed by atoms with Gasteiger partial charge < -0.3 is 9.47 Å². The van der Waals surface area contributed by atoms with Gasteiger partial charge in [0.25, 0.3) is 0 Å². The van der Waals surface area contributed by atoms with Crippen molar-refractivity contribution in [3.05, 3.63) is 48.4 Å². The molecular weight excluding hydrogens is 352 g/mol. The fourth-order valence-electron chi connectivity index (χ4n) is 2.36. The predicted octanol–water partition coefficient (Wildman–Crippen LogP) is 3.24. The molecule has 0 aliphatic rings. The van der Waals surface area contributed by atoms with Crippen molar-refractivity contribution in [3.8, 4) is 23.0 Å². The first-order valence-corrected chi connectivity index (χ1v) is 9.16. The number of pyridine rings is 2. The van der Waals surface area contributed by atoms with Gasteiger partial charge >= 0.3 is 5.97 Å². The second kappa shape index (κ2) is 8.01. The summed E-state index contributed by atoms with van der Waals surface area (Å²) in [7, 11) is 1.55. The van der Waals surface area contributed by atoms with Gasteiger partial charge in [-0.3, -0.25) is 4.98 Å². The average molecular weight is 370 g/mol. The number of carbonyl (C=O) groups is 1. The Bertz CT molecular complexity index is 909. The molecule has 3 rings (SSSR count). The maximum atomic E-state index is 12.1. The van der Waals surface area contributed by atoms with Crippen molar-refractivity contribution in [1.29, 1.82) is 0 Å². The van der Waals surface area contributed by atoms with Gasteiger partial charge in [0.15, 0.2) is 5.69 Å². The second-order valence-corrected chi connectivity index (χ2v) is 6.07. The molecule has 0 spiro atoms. The Kier molecular flexibility index (Phi) is 5.52.